The number of hydrogen-bond acceptors (Lipinski definition) is 3. The standard InChI is InChI=1S/C16H18N2OS/c1-20-12-5-2-4-11(10-12)17-14-6-3-7-15-13(14)8-9-16(19)18-15/h2,4-5,8-10,14,17H,3,6-7H2,1H3,(H,18,19). The molecule has 1 aromatic heterocycles. The Bertz CT molecular complexity index is 666. The van der Waals surface area contributed by atoms with Crippen molar-refractivity contribution < 1.29 is 0 Å². The van der Waals surface area contributed by atoms with Crippen molar-refractivity contribution in [1.29, 1.82) is 0 Å². The summed E-state index contributed by atoms with van der Waals surface area (Å²) in [6.07, 6.45) is 5.25. The quantitative estimate of drug-likeness (QED) is 0.848. The van der Waals surface area contributed by atoms with Crippen molar-refractivity contribution in [1.82, 2.24) is 4.98 Å². The van der Waals surface area contributed by atoms with Crippen molar-refractivity contribution in [3.05, 3.63) is 58.0 Å². The van der Waals surface area contributed by atoms with Gasteiger partial charge in [0.25, 0.3) is 0 Å². The lowest BCUT2D eigenvalue weighted by molar-refractivity contribution is 0.587. The summed E-state index contributed by atoms with van der Waals surface area (Å²) in [6.45, 7) is 0. The van der Waals surface area contributed by atoms with E-state index in [1.807, 2.05) is 6.07 Å². The molecule has 1 aromatic carbocycles. The molecule has 1 unspecified atom stereocenters. The number of anilines is 1. The van der Waals surface area contributed by atoms with Crippen LogP contribution < -0.4 is 10.9 Å². The molecule has 3 rings (SSSR count). The second-order valence-corrected chi connectivity index (χ2v) is 5.96. The summed E-state index contributed by atoms with van der Waals surface area (Å²) in [7, 11) is 0. The number of rotatable bonds is 3. The van der Waals surface area contributed by atoms with Gasteiger partial charge in [-0.05, 0) is 55.3 Å². The Hall–Kier alpha value is -1.68. The van der Waals surface area contributed by atoms with Gasteiger partial charge in [0.2, 0.25) is 5.56 Å². The molecule has 3 nitrogen and oxygen atoms in total. The summed E-state index contributed by atoms with van der Waals surface area (Å²) in [6, 6.07) is 12.3. The van der Waals surface area contributed by atoms with E-state index in [0.29, 0.717) is 0 Å². The lowest BCUT2D eigenvalue weighted by Gasteiger charge is -2.26. The lowest BCUT2D eigenvalue weighted by Crippen LogP contribution is -2.21. The maximum atomic E-state index is 11.4. The van der Waals surface area contributed by atoms with Crippen LogP contribution in [0.3, 0.4) is 0 Å². The highest BCUT2D eigenvalue weighted by atomic mass is 32.2. The molecule has 1 atom stereocenters. The Morgan fingerprint density at radius 1 is 1.30 bits per heavy atom. The highest BCUT2D eigenvalue weighted by molar-refractivity contribution is 7.98. The van der Waals surface area contributed by atoms with Gasteiger partial charge in [0.05, 0.1) is 6.04 Å². The SMILES string of the molecule is CSc1cccc(NC2CCCc3[nH]c(=O)ccc32)c1. The fourth-order valence-electron chi connectivity index (χ4n) is 2.76. The number of aromatic nitrogens is 1. The first-order chi connectivity index (χ1) is 9.76. The second-order valence-electron chi connectivity index (χ2n) is 5.08. The zero-order valence-corrected chi connectivity index (χ0v) is 12.3. The average molecular weight is 286 g/mol. The first kappa shape index (κ1) is 13.3. The van der Waals surface area contributed by atoms with Crippen LogP contribution in [0, 0.1) is 0 Å². The van der Waals surface area contributed by atoms with Gasteiger partial charge in [0.15, 0.2) is 0 Å². The van der Waals surface area contributed by atoms with Crippen molar-refractivity contribution in [2.75, 3.05) is 11.6 Å². The zero-order chi connectivity index (χ0) is 13.9. The van der Waals surface area contributed by atoms with E-state index in [9.17, 15) is 4.79 Å². The molecular weight excluding hydrogens is 268 g/mol. The van der Waals surface area contributed by atoms with E-state index in [1.165, 1.54) is 10.5 Å². The molecule has 1 heterocycles. The summed E-state index contributed by atoms with van der Waals surface area (Å²) in [4.78, 5) is 15.6. The van der Waals surface area contributed by atoms with Gasteiger partial charge in [-0.25, -0.2) is 0 Å². The van der Waals surface area contributed by atoms with Gasteiger partial charge in [-0.1, -0.05) is 6.07 Å². The molecule has 0 aliphatic heterocycles. The van der Waals surface area contributed by atoms with Gasteiger partial charge < -0.3 is 10.3 Å². The molecule has 2 N–H and O–H groups in total. The van der Waals surface area contributed by atoms with Crippen LogP contribution >= 0.6 is 11.8 Å². The van der Waals surface area contributed by atoms with Crippen LogP contribution in [-0.4, -0.2) is 11.2 Å². The van der Waals surface area contributed by atoms with Crippen LogP contribution in [0.4, 0.5) is 5.69 Å². The molecule has 0 amide bonds. The van der Waals surface area contributed by atoms with Crippen molar-refractivity contribution in [3.8, 4) is 0 Å². The largest absolute Gasteiger partial charge is 0.378 e. The van der Waals surface area contributed by atoms with Crippen molar-refractivity contribution in [2.24, 2.45) is 0 Å². The van der Waals surface area contributed by atoms with Gasteiger partial charge in [-0.2, -0.15) is 0 Å². The summed E-state index contributed by atoms with van der Waals surface area (Å²) in [5.74, 6) is 0. The van der Waals surface area contributed by atoms with E-state index < -0.39 is 0 Å². The highest BCUT2D eigenvalue weighted by Crippen LogP contribution is 2.31. The second kappa shape index (κ2) is 5.75. The van der Waals surface area contributed by atoms with Crippen LogP contribution in [0.5, 0.6) is 0 Å². The fourth-order valence-corrected chi connectivity index (χ4v) is 3.22. The van der Waals surface area contributed by atoms with Crippen LogP contribution in [0.2, 0.25) is 0 Å². The van der Waals surface area contributed by atoms with E-state index >= 15 is 0 Å². The predicted octanol–water partition coefficient (Wildman–Crippen LogP) is 3.59. The molecule has 0 saturated carbocycles. The smallest absolute Gasteiger partial charge is 0.248 e. The van der Waals surface area contributed by atoms with Gasteiger partial charge >= 0.3 is 0 Å². The third kappa shape index (κ3) is 2.75. The summed E-state index contributed by atoms with van der Waals surface area (Å²) >= 11 is 1.75. The Morgan fingerprint density at radius 3 is 3.05 bits per heavy atom. The van der Waals surface area contributed by atoms with Crippen LogP contribution in [0.1, 0.15) is 30.1 Å². The Balaban J connectivity index is 1.87. The molecule has 0 radical (unpaired) electrons. The van der Waals surface area contributed by atoms with Crippen LogP contribution in [0.25, 0.3) is 0 Å². The zero-order valence-electron chi connectivity index (χ0n) is 11.5. The van der Waals surface area contributed by atoms with Crippen LogP contribution in [0.15, 0.2) is 46.1 Å². The maximum absolute atomic E-state index is 11.4. The number of nitrogens with one attached hydrogen (secondary N) is 2. The molecular formula is C16H18N2OS. The number of hydrogen-bond donors (Lipinski definition) is 2. The molecule has 1 aliphatic carbocycles. The molecule has 104 valence electrons. The molecule has 20 heavy (non-hydrogen) atoms. The number of aromatic amines is 1. The number of aryl methyl sites for hydroxylation is 1. The Kier molecular flexibility index (Phi) is 3.83. The maximum Gasteiger partial charge on any atom is 0.248 e. The first-order valence-corrected chi connectivity index (χ1v) is 8.11. The van der Waals surface area contributed by atoms with Gasteiger partial charge in [-0.3, -0.25) is 4.79 Å². The number of thioether (sulfide) groups is 1. The summed E-state index contributed by atoms with van der Waals surface area (Å²) in [5.41, 5.74) is 3.45. The molecule has 1 aliphatic rings. The van der Waals surface area contributed by atoms with Crippen molar-refractivity contribution in [3.63, 3.8) is 0 Å². The minimum absolute atomic E-state index is 0.00576. The topological polar surface area (TPSA) is 44.9 Å². The van der Waals surface area contributed by atoms with E-state index in [2.05, 4.69) is 40.8 Å². The molecule has 4 heteroatoms. The third-order valence-electron chi connectivity index (χ3n) is 3.74. The summed E-state index contributed by atoms with van der Waals surface area (Å²) in [5, 5.41) is 3.60. The van der Waals surface area contributed by atoms with E-state index in [4.69, 9.17) is 0 Å². The van der Waals surface area contributed by atoms with E-state index in [-0.39, 0.29) is 11.6 Å². The normalized spacial score (nSPS) is 17.6. The minimum atomic E-state index is -0.00576. The van der Waals surface area contributed by atoms with Gasteiger partial charge in [-0.15, -0.1) is 11.8 Å². The molecule has 0 fully saturated rings. The number of pyridine rings is 1. The number of fused-ring (bicyclic) bond motifs is 1. The van der Waals surface area contributed by atoms with Crippen molar-refractivity contribution in [2.45, 2.75) is 30.2 Å². The minimum Gasteiger partial charge on any atom is -0.378 e. The van der Waals surface area contributed by atoms with E-state index in [0.717, 1.165) is 30.6 Å². The molecule has 0 spiro atoms. The third-order valence-corrected chi connectivity index (χ3v) is 4.47. The molecule has 2 aromatic rings. The number of benzene rings is 1. The van der Waals surface area contributed by atoms with Gasteiger partial charge in [0, 0.05) is 22.3 Å². The molecule has 0 bridgehead atoms. The fraction of sp³-hybridized carbons (Fsp3) is 0.312. The lowest BCUT2D eigenvalue weighted by atomic mass is 9.91. The van der Waals surface area contributed by atoms with E-state index in [1.54, 1.807) is 17.8 Å². The van der Waals surface area contributed by atoms with Gasteiger partial charge in [0.1, 0.15) is 0 Å². The van der Waals surface area contributed by atoms with Crippen LogP contribution in [-0.2, 0) is 6.42 Å². The monoisotopic (exact) mass is 286 g/mol. The average Bonchev–Trinajstić information content (AvgIpc) is 2.47. The summed E-state index contributed by atoms with van der Waals surface area (Å²) < 4.78 is 0. The Labute approximate surface area is 122 Å². The molecule has 0 saturated heterocycles. The highest BCUT2D eigenvalue weighted by Gasteiger charge is 2.20. The Morgan fingerprint density at radius 2 is 2.20 bits per heavy atom. The van der Waals surface area contributed by atoms with Crippen molar-refractivity contribution >= 4 is 17.4 Å². The predicted molar refractivity (Wildman–Crippen MR) is 84.6 cm³/mol. The number of H-pyrrole nitrogens is 1. The first-order valence-electron chi connectivity index (χ1n) is 6.89.